The van der Waals surface area contributed by atoms with Crippen LogP contribution in [-0.4, -0.2) is 15.2 Å². The number of para-hydroxylation sites is 2. The summed E-state index contributed by atoms with van der Waals surface area (Å²) < 4.78 is 0. The molecule has 0 atom stereocenters. The molecule has 1 aliphatic rings. The molecule has 3 N–H and O–H groups in total. The number of fused-ring (bicyclic) bond motifs is 1. The maximum atomic E-state index is 10.1. The number of aryl methyl sites for hydroxylation is 1. The maximum Gasteiger partial charge on any atom is 0.231 e. The van der Waals surface area contributed by atoms with Crippen LogP contribution in [0.5, 0.6) is 11.6 Å². The minimum atomic E-state index is -0.104. The van der Waals surface area contributed by atoms with Crippen molar-refractivity contribution in [2.75, 3.05) is 5.32 Å². The minimum Gasteiger partial charge on any atom is -0.506 e. The molecule has 7 heteroatoms. The molecule has 2 aromatic carbocycles. The molecule has 0 spiro atoms. The van der Waals surface area contributed by atoms with Gasteiger partial charge in [0.1, 0.15) is 5.75 Å². The number of anilines is 2. The van der Waals surface area contributed by atoms with Gasteiger partial charge in [-0.3, -0.25) is 0 Å². The first-order valence-corrected chi connectivity index (χ1v) is 8.41. The molecule has 0 unspecified atom stereocenters. The number of benzene rings is 2. The first kappa shape index (κ1) is 15.3. The normalized spacial score (nSPS) is 12.3. The van der Waals surface area contributed by atoms with Gasteiger partial charge in [0.05, 0.1) is 21.3 Å². The molecule has 6 nitrogen and oxygen atoms in total. The topological polar surface area (TPSA) is 90.1 Å². The van der Waals surface area contributed by atoms with Crippen LogP contribution >= 0.6 is 11.3 Å². The Balaban J connectivity index is 1.63. The number of aromatic hydroxyl groups is 2. The molecule has 3 aromatic rings. The van der Waals surface area contributed by atoms with Gasteiger partial charge >= 0.3 is 0 Å². The number of hydrogen-bond acceptors (Lipinski definition) is 7. The molecule has 0 saturated carbocycles. The second-order valence-corrected chi connectivity index (χ2v) is 6.60. The summed E-state index contributed by atoms with van der Waals surface area (Å²) in [5, 5.41) is 25.1. The molecule has 0 fully saturated rings. The maximum absolute atomic E-state index is 10.1. The molecular weight excluding hydrogens is 336 g/mol. The Morgan fingerprint density at radius 2 is 1.76 bits per heavy atom. The van der Waals surface area contributed by atoms with Gasteiger partial charge in [-0.1, -0.05) is 29.5 Å². The SMILES string of the molecule is Cc1ccc(Nc2nc(O)c(C=C3N=c4ccccc4=N3)s2)c(O)c1. The van der Waals surface area contributed by atoms with Crippen LogP contribution in [0.1, 0.15) is 10.4 Å². The first-order valence-electron chi connectivity index (χ1n) is 7.59. The zero-order valence-corrected chi connectivity index (χ0v) is 14.1. The lowest BCUT2D eigenvalue weighted by Gasteiger charge is -2.05. The van der Waals surface area contributed by atoms with E-state index in [1.807, 2.05) is 37.3 Å². The van der Waals surface area contributed by atoms with E-state index in [0.717, 1.165) is 16.3 Å². The Morgan fingerprint density at radius 3 is 2.44 bits per heavy atom. The fourth-order valence-electron chi connectivity index (χ4n) is 2.44. The Labute approximate surface area is 147 Å². The summed E-state index contributed by atoms with van der Waals surface area (Å²) in [5.41, 5.74) is 1.49. The van der Waals surface area contributed by atoms with Crippen LogP contribution in [0.4, 0.5) is 10.8 Å². The van der Waals surface area contributed by atoms with Crippen LogP contribution in [0.3, 0.4) is 0 Å². The van der Waals surface area contributed by atoms with E-state index in [2.05, 4.69) is 20.3 Å². The first-order chi connectivity index (χ1) is 12.1. The summed E-state index contributed by atoms with van der Waals surface area (Å²) >= 11 is 1.25. The monoisotopic (exact) mass is 350 g/mol. The van der Waals surface area contributed by atoms with Crippen molar-refractivity contribution in [1.82, 2.24) is 4.98 Å². The molecule has 1 aromatic heterocycles. The van der Waals surface area contributed by atoms with Gasteiger partial charge in [0.25, 0.3) is 0 Å². The van der Waals surface area contributed by atoms with Crippen molar-refractivity contribution < 1.29 is 10.2 Å². The Bertz CT molecular complexity index is 1080. The third-order valence-electron chi connectivity index (χ3n) is 3.64. The summed E-state index contributed by atoms with van der Waals surface area (Å²) in [6, 6.07) is 12.9. The van der Waals surface area contributed by atoms with E-state index in [4.69, 9.17) is 0 Å². The van der Waals surface area contributed by atoms with Gasteiger partial charge in [-0.15, -0.1) is 0 Å². The van der Waals surface area contributed by atoms with Crippen molar-refractivity contribution in [1.29, 1.82) is 0 Å². The van der Waals surface area contributed by atoms with Crippen LogP contribution in [0.25, 0.3) is 6.08 Å². The summed E-state index contributed by atoms with van der Waals surface area (Å²) in [6.45, 7) is 1.90. The van der Waals surface area contributed by atoms with Crippen molar-refractivity contribution in [3.05, 3.63) is 69.4 Å². The quantitative estimate of drug-likeness (QED) is 0.634. The lowest BCUT2D eigenvalue weighted by Crippen LogP contribution is -2.19. The van der Waals surface area contributed by atoms with Crippen molar-refractivity contribution >= 4 is 28.2 Å². The van der Waals surface area contributed by atoms with Gasteiger partial charge in [0.15, 0.2) is 11.0 Å². The number of nitrogens with one attached hydrogen (secondary N) is 1. The smallest absolute Gasteiger partial charge is 0.231 e. The molecule has 0 bridgehead atoms. The molecule has 124 valence electrons. The van der Waals surface area contributed by atoms with Crippen molar-refractivity contribution in [2.45, 2.75) is 6.92 Å². The van der Waals surface area contributed by atoms with E-state index < -0.39 is 0 Å². The number of rotatable bonds is 3. The highest BCUT2D eigenvalue weighted by atomic mass is 32.1. The van der Waals surface area contributed by atoms with Crippen LogP contribution in [0.2, 0.25) is 0 Å². The molecule has 0 amide bonds. The Morgan fingerprint density at radius 1 is 1.04 bits per heavy atom. The minimum absolute atomic E-state index is 0.104. The Hall–Kier alpha value is -3.19. The largest absolute Gasteiger partial charge is 0.506 e. The highest BCUT2D eigenvalue weighted by Gasteiger charge is 2.12. The third-order valence-corrected chi connectivity index (χ3v) is 4.55. The van der Waals surface area contributed by atoms with Gasteiger partial charge < -0.3 is 15.5 Å². The average Bonchev–Trinajstić information content (AvgIpc) is 3.13. The fraction of sp³-hybridized carbons (Fsp3) is 0.0556. The summed E-state index contributed by atoms with van der Waals surface area (Å²) in [5.74, 6) is 0.545. The number of phenolic OH excluding ortho intramolecular Hbond substituents is 1. The molecule has 25 heavy (non-hydrogen) atoms. The van der Waals surface area contributed by atoms with Crippen molar-refractivity contribution in [2.24, 2.45) is 9.98 Å². The molecule has 0 saturated heterocycles. The van der Waals surface area contributed by atoms with Gasteiger partial charge in [-0.25, -0.2) is 9.98 Å². The molecule has 2 heterocycles. The Kier molecular flexibility index (Phi) is 3.70. The van der Waals surface area contributed by atoms with Gasteiger partial charge in [-0.2, -0.15) is 4.98 Å². The zero-order chi connectivity index (χ0) is 17.4. The third kappa shape index (κ3) is 3.09. The predicted molar refractivity (Wildman–Crippen MR) is 96.6 cm³/mol. The van der Waals surface area contributed by atoms with Crippen molar-refractivity contribution in [3.63, 3.8) is 0 Å². The number of hydrogen-bond donors (Lipinski definition) is 3. The van der Waals surface area contributed by atoms with E-state index in [1.165, 1.54) is 11.3 Å². The highest BCUT2D eigenvalue weighted by molar-refractivity contribution is 7.16. The fourth-order valence-corrected chi connectivity index (χ4v) is 3.24. The number of thiazole rings is 1. The summed E-state index contributed by atoms with van der Waals surface area (Å²) in [6.07, 6.45) is 1.69. The molecular formula is C18H14N4O2S. The van der Waals surface area contributed by atoms with E-state index in [1.54, 1.807) is 18.2 Å². The number of nitrogens with zero attached hydrogens (tertiary/aromatic N) is 3. The molecule has 0 aliphatic carbocycles. The van der Waals surface area contributed by atoms with Crippen LogP contribution in [-0.2, 0) is 0 Å². The summed E-state index contributed by atoms with van der Waals surface area (Å²) in [4.78, 5) is 13.4. The van der Waals surface area contributed by atoms with Crippen molar-refractivity contribution in [3.8, 4) is 11.6 Å². The van der Waals surface area contributed by atoms with Gasteiger partial charge in [0.2, 0.25) is 5.88 Å². The predicted octanol–water partition coefficient (Wildman–Crippen LogP) is 2.86. The van der Waals surface area contributed by atoms with Crippen LogP contribution < -0.4 is 16.0 Å². The average molecular weight is 350 g/mol. The second kappa shape index (κ2) is 6.03. The molecule has 1 aliphatic heterocycles. The lowest BCUT2D eigenvalue weighted by atomic mass is 10.2. The highest BCUT2D eigenvalue weighted by Crippen LogP contribution is 2.34. The number of aromatic nitrogens is 1. The van der Waals surface area contributed by atoms with E-state index in [0.29, 0.717) is 21.5 Å². The van der Waals surface area contributed by atoms with Gasteiger partial charge in [-0.05, 0) is 36.8 Å². The number of phenols is 1. The summed E-state index contributed by atoms with van der Waals surface area (Å²) in [7, 11) is 0. The van der Waals surface area contributed by atoms with E-state index in [9.17, 15) is 10.2 Å². The van der Waals surface area contributed by atoms with Crippen LogP contribution in [0.15, 0.2) is 58.3 Å². The van der Waals surface area contributed by atoms with E-state index >= 15 is 0 Å². The van der Waals surface area contributed by atoms with Gasteiger partial charge in [0, 0.05) is 6.08 Å². The standard InChI is InChI=1S/C18H14N4O2S/c1-10-6-7-13(14(23)8-10)21-18-22-17(24)15(25-18)9-16-19-11-4-2-3-5-12(11)20-16/h2-9,23-24H,1H3,(H,21,22). The van der Waals surface area contributed by atoms with Crippen LogP contribution in [0, 0.1) is 6.92 Å². The molecule has 0 radical (unpaired) electrons. The lowest BCUT2D eigenvalue weighted by molar-refractivity contribution is 0.456. The zero-order valence-electron chi connectivity index (χ0n) is 13.3. The van der Waals surface area contributed by atoms with E-state index in [-0.39, 0.29) is 11.6 Å². The molecule has 4 rings (SSSR count). The second-order valence-electron chi connectivity index (χ2n) is 5.57.